The number of benzene rings is 1. The highest BCUT2D eigenvalue weighted by Gasteiger charge is 2.15. The van der Waals surface area contributed by atoms with Gasteiger partial charge in [-0.25, -0.2) is 0 Å². The summed E-state index contributed by atoms with van der Waals surface area (Å²) in [5.41, 5.74) is 6.00. The lowest BCUT2D eigenvalue weighted by Gasteiger charge is -2.30. The van der Waals surface area contributed by atoms with Crippen LogP contribution >= 0.6 is 0 Å². The summed E-state index contributed by atoms with van der Waals surface area (Å²) in [6.45, 7) is 9.82. The molecule has 1 rings (SSSR count). The van der Waals surface area contributed by atoms with Gasteiger partial charge in [0.25, 0.3) is 5.91 Å². The van der Waals surface area contributed by atoms with E-state index >= 15 is 0 Å². The highest BCUT2D eigenvalue weighted by molar-refractivity contribution is 5.98. The smallest absolute Gasteiger partial charge is 0.255 e. The number of phenolic OH excluding ortho intramolecular Hbond substituents is 1. The molecule has 0 fully saturated rings. The molecule has 1 amide bonds. The Hall–Kier alpha value is -1.75. The maximum absolute atomic E-state index is 12.0. The summed E-state index contributed by atoms with van der Waals surface area (Å²) in [5.74, 6) is -0.461. The maximum atomic E-state index is 12.0. The van der Waals surface area contributed by atoms with Crippen molar-refractivity contribution in [3.8, 4) is 5.75 Å². The van der Waals surface area contributed by atoms with E-state index in [9.17, 15) is 9.90 Å². The van der Waals surface area contributed by atoms with Gasteiger partial charge in [0.2, 0.25) is 0 Å². The zero-order valence-corrected chi connectivity index (χ0v) is 12.7. The summed E-state index contributed by atoms with van der Waals surface area (Å²) in [4.78, 5) is 14.3. The molecule has 0 aliphatic carbocycles. The molecule has 5 nitrogen and oxygen atoms in total. The molecule has 0 bridgehead atoms. The van der Waals surface area contributed by atoms with Gasteiger partial charge in [0.05, 0.1) is 11.3 Å². The van der Waals surface area contributed by atoms with Gasteiger partial charge in [-0.3, -0.25) is 9.69 Å². The second-order valence-corrected chi connectivity index (χ2v) is 5.42. The highest BCUT2D eigenvalue weighted by atomic mass is 16.3. The third-order valence-electron chi connectivity index (χ3n) is 3.29. The molecule has 0 heterocycles. The van der Waals surface area contributed by atoms with E-state index < -0.39 is 0 Å². The number of phenols is 1. The first-order valence-electron chi connectivity index (χ1n) is 6.96. The van der Waals surface area contributed by atoms with E-state index in [0.29, 0.717) is 18.6 Å². The molecular formula is C15H25N3O2. The quantitative estimate of drug-likeness (QED) is 0.548. The van der Waals surface area contributed by atoms with Crippen LogP contribution in [0.5, 0.6) is 5.75 Å². The zero-order chi connectivity index (χ0) is 15.3. The molecule has 0 aliphatic heterocycles. The molecule has 0 aliphatic rings. The van der Waals surface area contributed by atoms with Crippen LogP contribution < -0.4 is 11.1 Å². The lowest BCUT2D eigenvalue weighted by atomic mass is 10.1. The van der Waals surface area contributed by atoms with Crippen molar-refractivity contribution in [2.45, 2.75) is 39.8 Å². The number of carbonyl (C=O) groups is 1. The van der Waals surface area contributed by atoms with Crippen LogP contribution in [0.2, 0.25) is 0 Å². The monoisotopic (exact) mass is 279 g/mol. The number of hydrogen-bond donors (Lipinski definition) is 3. The standard InChI is InChI=1S/C15H25N3O2/c1-10(2)18(11(3)4)9-8-17-15(20)12-6-5-7-13(16)14(12)19/h5-7,10-11,19H,8-9,16H2,1-4H3,(H,17,20). The Balaban J connectivity index is 2.58. The normalized spacial score (nSPS) is 11.3. The van der Waals surface area contributed by atoms with Gasteiger partial charge in [0.1, 0.15) is 0 Å². The molecule has 0 atom stereocenters. The highest BCUT2D eigenvalue weighted by Crippen LogP contribution is 2.23. The number of rotatable bonds is 6. The Morgan fingerprint density at radius 2 is 1.90 bits per heavy atom. The van der Waals surface area contributed by atoms with Crippen LogP contribution in [0.1, 0.15) is 38.1 Å². The molecule has 0 radical (unpaired) electrons. The lowest BCUT2D eigenvalue weighted by molar-refractivity contribution is 0.0937. The van der Waals surface area contributed by atoms with Crippen molar-refractivity contribution in [3.05, 3.63) is 23.8 Å². The number of nitrogens with two attached hydrogens (primary N) is 1. The first kappa shape index (κ1) is 16.3. The maximum Gasteiger partial charge on any atom is 0.255 e. The van der Waals surface area contributed by atoms with E-state index in [1.165, 1.54) is 0 Å². The number of nitrogens with zero attached hydrogens (tertiary/aromatic N) is 1. The van der Waals surface area contributed by atoms with Gasteiger partial charge in [-0.1, -0.05) is 6.07 Å². The summed E-state index contributed by atoms with van der Waals surface area (Å²) in [6.07, 6.45) is 0. The van der Waals surface area contributed by atoms with E-state index in [-0.39, 0.29) is 22.9 Å². The van der Waals surface area contributed by atoms with Crippen LogP contribution in [0, 0.1) is 0 Å². The van der Waals surface area contributed by atoms with Crippen LogP contribution in [-0.2, 0) is 0 Å². The third kappa shape index (κ3) is 4.13. The Labute approximate surface area is 120 Å². The molecule has 20 heavy (non-hydrogen) atoms. The van der Waals surface area contributed by atoms with Gasteiger partial charge in [-0.2, -0.15) is 0 Å². The molecule has 112 valence electrons. The summed E-state index contributed by atoms with van der Waals surface area (Å²) in [6, 6.07) is 5.62. The van der Waals surface area contributed by atoms with Gasteiger partial charge in [-0.05, 0) is 39.8 Å². The van der Waals surface area contributed by atoms with Crippen molar-refractivity contribution in [3.63, 3.8) is 0 Å². The van der Waals surface area contributed by atoms with Gasteiger partial charge in [0, 0.05) is 25.2 Å². The minimum atomic E-state index is -0.303. The Morgan fingerprint density at radius 1 is 1.30 bits per heavy atom. The SMILES string of the molecule is CC(C)N(CCNC(=O)c1cccc(N)c1O)C(C)C. The Morgan fingerprint density at radius 3 is 2.45 bits per heavy atom. The van der Waals surface area contributed by atoms with Crippen molar-refractivity contribution in [1.29, 1.82) is 0 Å². The molecule has 0 unspecified atom stereocenters. The predicted octanol–water partition coefficient (Wildman–Crippen LogP) is 1.82. The summed E-state index contributed by atoms with van der Waals surface area (Å²) in [5, 5.41) is 12.6. The molecule has 0 saturated carbocycles. The average molecular weight is 279 g/mol. The van der Waals surface area contributed by atoms with Gasteiger partial charge >= 0.3 is 0 Å². The van der Waals surface area contributed by atoms with Crippen molar-refractivity contribution >= 4 is 11.6 Å². The fraction of sp³-hybridized carbons (Fsp3) is 0.533. The minimum absolute atomic E-state index is 0.158. The number of para-hydroxylation sites is 1. The molecule has 0 aromatic heterocycles. The lowest BCUT2D eigenvalue weighted by Crippen LogP contribution is -2.42. The number of nitrogen functional groups attached to an aromatic ring is 1. The molecule has 1 aromatic carbocycles. The molecular weight excluding hydrogens is 254 g/mol. The van der Waals surface area contributed by atoms with Crippen molar-refractivity contribution in [1.82, 2.24) is 10.2 Å². The van der Waals surface area contributed by atoms with Crippen molar-refractivity contribution in [2.75, 3.05) is 18.8 Å². The van der Waals surface area contributed by atoms with Gasteiger partial charge in [0.15, 0.2) is 5.75 Å². The largest absolute Gasteiger partial charge is 0.505 e. The first-order valence-corrected chi connectivity index (χ1v) is 6.96. The average Bonchev–Trinajstić information content (AvgIpc) is 2.36. The fourth-order valence-electron chi connectivity index (χ4n) is 2.25. The fourth-order valence-corrected chi connectivity index (χ4v) is 2.25. The zero-order valence-electron chi connectivity index (χ0n) is 12.7. The Bertz CT molecular complexity index is 450. The van der Waals surface area contributed by atoms with E-state index in [1.54, 1.807) is 18.2 Å². The van der Waals surface area contributed by atoms with Crippen molar-refractivity contribution in [2.24, 2.45) is 0 Å². The van der Waals surface area contributed by atoms with Crippen LogP contribution in [0.4, 0.5) is 5.69 Å². The van der Waals surface area contributed by atoms with E-state index in [4.69, 9.17) is 5.73 Å². The minimum Gasteiger partial charge on any atom is -0.505 e. The van der Waals surface area contributed by atoms with Crippen LogP contribution in [0.15, 0.2) is 18.2 Å². The molecule has 5 heteroatoms. The number of amides is 1. The number of nitrogens with one attached hydrogen (secondary N) is 1. The summed E-state index contributed by atoms with van der Waals surface area (Å²) >= 11 is 0. The second kappa shape index (κ2) is 7.14. The number of carbonyl (C=O) groups excluding carboxylic acids is 1. The first-order chi connectivity index (χ1) is 9.34. The second-order valence-electron chi connectivity index (χ2n) is 5.42. The van der Waals surface area contributed by atoms with E-state index in [0.717, 1.165) is 6.54 Å². The number of aromatic hydroxyl groups is 1. The topological polar surface area (TPSA) is 78.6 Å². The van der Waals surface area contributed by atoms with Crippen LogP contribution in [-0.4, -0.2) is 41.1 Å². The van der Waals surface area contributed by atoms with E-state index in [2.05, 4.69) is 37.9 Å². The predicted molar refractivity (Wildman–Crippen MR) is 81.8 cm³/mol. The van der Waals surface area contributed by atoms with Gasteiger partial charge in [-0.15, -0.1) is 0 Å². The van der Waals surface area contributed by atoms with Gasteiger partial charge < -0.3 is 16.2 Å². The van der Waals surface area contributed by atoms with E-state index in [1.807, 2.05) is 0 Å². The Kier molecular flexibility index (Phi) is 5.82. The van der Waals surface area contributed by atoms with Crippen LogP contribution in [0.3, 0.4) is 0 Å². The summed E-state index contributed by atoms with van der Waals surface area (Å²) < 4.78 is 0. The number of hydrogen-bond acceptors (Lipinski definition) is 4. The molecule has 0 spiro atoms. The molecule has 1 aromatic rings. The number of anilines is 1. The summed E-state index contributed by atoms with van der Waals surface area (Å²) in [7, 11) is 0. The third-order valence-corrected chi connectivity index (χ3v) is 3.29. The molecule has 4 N–H and O–H groups in total. The van der Waals surface area contributed by atoms with Crippen LogP contribution in [0.25, 0.3) is 0 Å². The molecule has 0 saturated heterocycles. The van der Waals surface area contributed by atoms with Crippen molar-refractivity contribution < 1.29 is 9.90 Å².